The molecule has 1 aliphatic heterocycles. The lowest BCUT2D eigenvalue weighted by Crippen LogP contribution is -2.45. The Morgan fingerprint density at radius 3 is 2.74 bits per heavy atom. The van der Waals surface area contributed by atoms with Gasteiger partial charge in [0.05, 0.1) is 30.1 Å². The van der Waals surface area contributed by atoms with Gasteiger partial charge in [-0.25, -0.2) is 0 Å². The third-order valence-electron chi connectivity index (χ3n) is 6.01. The first-order valence-corrected chi connectivity index (χ1v) is 12.2. The molecule has 0 aliphatic carbocycles. The number of thiophene rings is 1. The van der Waals surface area contributed by atoms with E-state index in [1.54, 1.807) is 18.4 Å². The first kappa shape index (κ1) is 22.3. The normalized spacial score (nSPS) is 16.0. The van der Waals surface area contributed by atoms with Crippen molar-refractivity contribution in [2.75, 3.05) is 7.11 Å². The predicted octanol–water partition coefficient (Wildman–Crippen LogP) is 5.98. The highest BCUT2D eigenvalue weighted by molar-refractivity contribution is 7.80. The number of nitrogens with one attached hydrogen (secondary N) is 1. The van der Waals surface area contributed by atoms with Crippen LogP contribution in [0.25, 0.3) is 16.3 Å². The van der Waals surface area contributed by atoms with Gasteiger partial charge in [-0.2, -0.15) is 4.98 Å². The number of allylic oxidation sites excluding steroid dienone is 1. The summed E-state index contributed by atoms with van der Waals surface area (Å²) in [6.07, 6.45) is 0. The molecule has 1 unspecified atom stereocenters. The topological polar surface area (TPSA) is 63.4 Å². The summed E-state index contributed by atoms with van der Waals surface area (Å²) in [5, 5.41) is 10.4. The maximum absolute atomic E-state index is 5.84. The van der Waals surface area contributed by atoms with E-state index in [9.17, 15) is 0 Å². The molecule has 0 saturated carbocycles. The number of hydrogen-bond acceptors (Lipinski definition) is 6. The number of benzene rings is 2. The largest absolute Gasteiger partial charge is 0.497 e. The summed E-state index contributed by atoms with van der Waals surface area (Å²) in [6, 6.07) is 20.0. The first-order valence-electron chi connectivity index (χ1n) is 10.9. The zero-order valence-electron chi connectivity index (χ0n) is 19.1. The molecule has 0 radical (unpaired) electrons. The standard InChI is InChI=1S/C26H24N4O2S2/c1-16-8-4-5-9-19(16)15-30-17(2)22(25-28-24(29-32-25)21-12-7-13-34-21)23(27-26(30)33)18-10-6-11-20(14-18)31-3/h4-14,23H,15H2,1-3H3,(H,27,33). The van der Waals surface area contributed by atoms with Crippen LogP contribution in [0.2, 0.25) is 0 Å². The van der Waals surface area contributed by atoms with Crippen LogP contribution in [0.3, 0.4) is 0 Å². The molecule has 1 aliphatic rings. The van der Waals surface area contributed by atoms with Gasteiger partial charge in [0.15, 0.2) is 5.11 Å². The molecular weight excluding hydrogens is 464 g/mol. The molecule has 0 fully saturated rings. The number of nitrogens with zero attached hydrogens (tertiary/aromatic N) is 3. The van der Waals surface area contributed by atoms with Crippen LogP contribution in [0.4, 0.5) is 0 Å². The Morgan fingerprint density at radius 1 is 1.12 bits per heavy atom. The van der Waals surface area contributed by atoms with E-state index in [0.717, 1.165) is 27.5 Å². The Kier molecular flexibility index (Phi) is 6.17. The Bertz CT molecular complexity index is 1360. The Balaban J connectivity index is 1.62. The maximum atomic E-state index is 5.84. The molecule has 6 nitrogen and oxygen atoms in total. The molecule has 4 aromatic rings. The molecular formula is C26H24N4O2S2. The van der Waals surface area contributed by atoms with Crippen LogP contribution >= 0.6 is 23.6 Å². The second kappa shape index (κ2) is 9.40. The van der Waals surface area contributed by atoms with Crippen molar-refractivity contribution in [3.8, 4) is 16.5 Å². The van der Waals surface area contributed by atoms with E-state index < -0.39 is 0 Å². The second-order valence-electron chi connectivity index (χ2n) is 8.07. The van der Waals surface area contributed by atoms with Crippen LogP contribution in [-0.4, -0.2) is 27.3 Å². The lowest BCUT2D eigenvalue weighted by Gasteiger charge is -2.37. The molecule has 34 heavy (non-hydrogen) atoms. The summed E-state index contributed by atoms with van der Waals surface area (Å²) in [4.78, 5) is 7.82. The van der Waals surface area contributed by atoms with Gasteiger partial charge in [0.1, 0.15) is 5.75 Å². The van der Waals surface area contributed by atoms with Crippen LogP contribution in [0, 0.1) is 6.92 Å². The van der Waals surface area contributed by atoms with Crippen LogP contribution in [0.1, 0.15) is 35.5 Å². The molecule has 0 bridgehead atoms. The van der Waals surface area contributed by atoms with Crippen LogP contribution in [0.15, 0.2) is 76.3 Å². The fraction of sp³-hybridized carbons (Fsp3) is 0.192. The van der Waals surface area contributed by atoms with Crippen molar-refractivity contribution >= 4 is 34.2 Å². The van der Waals surface area contributed by atoms with Gasteiger partial charge in [0.25, 0.3) is 5.89 Å². The molecule has 1 N–H and O–H groups in total. The van der Waals surface area contributed by atoms with Crippen molar-refractivity contribution in [1.29, 1.82) is 0 Å². The Morgan fingerprint density at radius 2 is 1.97 bits per heavy atom. The van der Waals surface area contributed by atoms with Crippen molar-refractivity contribution in [2.24, 2.45) is 0 Å². The molecule has 3 heterocycles. The summed E-state index contributed by atoms with van der Waals surface area (Å²) >= 11 is 7.42. The van der Waals surface area contributed by atoms with Gasteiger partial charge in [-0.3, -0.25) is 0 Å². The number of rotatable bonds is 6. The van der Waals surface area contributed by atoms with Gasteiger partial charge in [0.2, 0.25) is 5.82 Å². The number of methoxy groups -OCH3 is 1. The van der Waals surface area contributed by atoms with Crippen molar-refractivity contribution in [2.45, 2.75) is 26.4 Å². The minimum Gasteiger partial charge on any atom is -0.497 e. The third-order valence-corrected chi connectivity index (χ3v) is 7.22. The highest BCUT2D eigenvalue weighted by atomic mass is 32.1. The highest BCUT2D eigenvalue weighted by Crippen LogP contribution is 2.39. The van der Waals surface area contributed by atoms with E-state index in [0.29, 0.717) is 23.4 Å². The average molecular weight is 489 g/mol. The van der Waals surface area contributed by atoms with Crippen molar-refractivity contribution in [3.63, 3.8) is 0 Å². The van der Waals surface area contributed by atoms with E-state index in [1.165, 1.54) is 11.1 Å². The van der Waals surface area contributed by atoms with Gasteiger partial charge < -0.3 is 19.5 Å². The number of thiocarbonyl (C=S) groups is 1. The zero-order valence-corrected chi connectivity index (χ0v) is 20.7. The Hall–Kier alpha value is -3.49. The van der Waals surface area contributed by atoms with Crippen LogP contribution in [-0.2, 0) is 6.54 Å². The highest BCUT2D eigenvalue weighted by Gasteiger charge is 2.34. The monoisotopic (exact) mass is 488 g/mol. The molecule has 2 aromatic heterocycles. The van der Waals surface area contributed by atoms with E-state index in [2.05, 4.69) is 41.4 Å². The minimum absolute atomic E-state index is 0.257. The lowest BCUT2D eigenvalue weighted by atomic mass is 9.94. The molecule has 0 amide bonds. The second-order valence-corrected chi connectivity index (χ2v) is 9.41. The summed E-state index contributed by atoms with van der Waals surface area (Å²) in [5.41, 5.74) is 5.29. The quantitative estimate of drug-likeness (QED) is 0.335. The van der Waals surface area contributed by atoms with E-state index in [4.69, 9.17) is 26.5 Å². The predicted molar refractivity (Wildman–Crippen MR) is 138 cm³/mol. The first-order chi connectivity index (χ1) is 16.5. The van der Waals surface area contributed by atoms with Gasteiger partial charge >= 0.3 is 0 Å². The van der Waals surface area contributed by atoms with Crippen molar-refractivity contribution in [3.05, 3.63) is 94.3 Å². The van der Waals surface area contributed by atoms with Gasteiger partial charge in [-0.15, -0.1) is 11.3 Å². The number of ether oxygens (including phenoxy) is 1. The molecule has 5 rings (SSSR count). The van der Waals surface area contributed by atoms with E-state index in [-0.39, 0.29) is 6.04 Å². The van der Waals surface area contributed by atoms with E-state index >= 15 is 0 Å². The van der Waals surface area contributed by atoms with Gasteiger partial charge in [-0.1, -0.05) is 47.6 Å². The smallest absolute Gasteiger partial charge is 0.258 e. The summed E-state index contributed by atoms with van der Waals surface area (Å²) in [6.45, 7) is 4.81. The van der Waals surface area contributed by atoms with Gasteiger partial charge in [0, 0.05) is 5.70 Å². The number of aryl methyl sites for hydroxylation is 1. The van der Waals surface area contributed by atoms with Gasteiger partial charge in [-0.05, 0) is 66.3 Å². The molecule has 2 aromatic carbocycles. The minimum atomic E-state index is -0.257. The molecule has 172 valence electrons. The van der Waals surface area contributed by atoms with Crippen molar-refractivity contribution < 1.29 is 9.26 Å². The molecule has 1 atom stereocenters. The summed E-state index contributed by atoms with van der Waals surface area (Å²) in [7, 11) is 1.66. The fourth-order valence-electron chi connectivity index (χ4n) is 4.12. The molecule has 0 spiro atoms. The summed E-state index contributed by atoms with van der Waals surface area (Å²) in [5.74, 6) is 1.82. The number of hydrogen-bond donors (Lipinski definition) is 1. The Labute approximate surface area is 207 Å². The van der Waals surface area contributed by atoms with Crippen LogP contribution < -0.4 is 10.1 Å². The van der Waals surface area contributed by atoms with Crippen LogP contribution in [0.5, 0.6) is 5.75 Å². The van der Waals surface area contributed by atoms with E-state index in [1.807, 2.05) is 53.9 Å². The zero-order chi connectivity index (χ0) is 23.7. The SMILES string of the molecule is COc1cccc(C2NC(=S)N(Cc3ccccc3C)C(C)=C2c2nc(-c3cccs3)no2)c1. The third kappa shape index (κ3) is 4.22. The molecule has 8 heteroatoms. The fourth-order valence-corrected chi connectivity index (χ4v) is 5.08. The lowest BCUT2D eigenvalue weighted by molar-refractivity contribution is 0.395. The number of aromatic nitrogens is 2. The maximum Gasteiger partial charge on any atom is 0.258 e. The average Bonchev–Trinajstić information content (AvgIpc) is 3.55. The molecule has 0 saturated heterocycles. The van der Waals surface area contributed by atoms with Crippen molar-refractivity contribution in [1.82, 2.24) is 20.4 Å². The summed E-state index contributed by atoms with van der Waals surface area (Å²) < 4.78 is 11.3.